The molecule has 73 heavy (non-hydrogen) atoms. The van der Waals surface area contributed by atoms with Gasteiger partial charge < -0.3 is 13.9 Å². The zero-order valence-electron chi connectivity index (χ0n) is 39.7. The molecule has 0 aliphatic rings. The van der Waals surface area contributed by atoms with E-state index in [2.05, 4.69) is 276 Å². The third-order valence-electron chi connectivity index (χ3n) is 15.2. The third kappa shape index (κ3) is 6.39. The minimum atomic E-state index is 0.855. The lowest BCUT2D eigenvalue weighted by Crippen LogP contribution is -2.11. The number of anilines is 3. The van der Waals surface area contributed by atoms with Crippen LogP contribution in [0.25, 0.3) is 126 Å². The van der Waals surface area contributed by atoms with Crippen LogP contribution in [0.5, 0.6) is 0 Å². The highest BCUT2D eigenvalue weighted by Gasteiger charge is 2.26. The fourth-order valence-electron chi connectivity index (χ4n) is 12.0. The van der Waals surface area contributed by atoms with Crippen molar-refractivity contribution in [1.29, 1.82) is 0 Å². The van der Waals surface area contributed by atoms with Gasteiger partial charge in [-0.2, -0.15) is 0 Å². The summed E-state index contributed by atoms with van der Waals surface area (Å²) in [5, 5.41) is 14.2. The molecule has 0 bridgehead atoms. The molecule has 0 aliphatic heterocycles. The Bertz CT molecular complexity index is 4670. The standard InChI is InChI=1S/C70H44N2O/c1-4-23-50-45(17-1)20-13-30-51(50)48-37-39-49(40-38-48)71(66-44-42-59(54-31-14-21-46-18-2-5-24-52(46)54)70-69(66)61-29-10-12-36-67(61)73-70)64-43-41-56(55-26-7-8-27-57(55)64)58-32-16-35-65-68(58)60-28-9-11-33-63(60)72(65)62-34-15-22-47-19-3-6-25-53(47)62/h1-44H. The predicted octanol–water partition coefficient (Wildman–Crippen LogP) is 19.8. The highest BCUT2D eigenvalue weighted by atomic mass is 16.3. The molecule has 0 spiro atoms. The largest absolute Gasteiger partial charge is 0.455 e. The molecule has 0 radical (unpaired) electrons. The molecule has 0 saturated heterocycles. The van der Waals surface area contributed by atoms with Crippen molar-refractivity contribution < 1.29 is 4.42 Å². The zero-order valence-corrected chi connectivity index (χ0v) is 39.7. The van der Waals surface area contributed by atoms with Crippen LogP contribution in [0.4, 0.5) is 17.1 Å². The second kappa shape index (κ2) is 16.4. The van der Waals surface area contributed by atoms with Crippen LogP contribution in [0.1, 0.15) is 0 Å². The van der Waals surface area contributed by atoms with Crippen molar-refractivity contribution in [3.63, 3.8) is 0 Å². The minimum Gasteiger partial charge on any atom is -0.455 e. The van der Waals surface area contributed by atoms with Gasteiger partial charge in [0.2, 0.25) is 0 Å². The summed E-state index contributed by atoms with van der Waals surface area (Å²) in [4.78, 5) is 2.46. The molecule has 340 valence electrons. The van der Waals surface area contributed by atoms with Crippen molar-refractivity contribution in [3.05, 3.63) is 267 Å². The quantitative estimate of drug-likeness (QED) is 0.159. The normalized spacial score (nSPS) is 11.8. The van der Waals surface area contributed by atoms with E-state index in [1.165, 1.54) is 87.5 Å². The predicted molar refractivity (Wildman–Crippen MR) is 309 cm³/mol. The maximum atomic E-state index is 7.04. The summed E-state index contributed by atoms with van der Waals surface area (Å²) in [6.45, 7) is 0. The van der Waals surface area contributed by atoms with Gasteiger partial charge in [0.15, 0.2) is 0 Å². The Labute approximate surface area is 421 Å². The van der Waals surface area contributed by atoms with Crippen molar-refractivity contribution in [2.75, 3.05) is 4.90 Å². The molecule has 0 fully saturated rings. The average Bonchev–Trinajstić information content (AvgIpc) is 4.02. The molecule has 0 saturated carbocycles. The van der Waals surface area contributed by atoms with Gasteiger partial charge in [-0.1, -0.05) is 212 Å². The van der Waals surface area contributed by atoms with E-state index in [0.29, 0.717) is 0 Å². The fraction of sp³-hybridized carbons (Fsp3) is 0. The zero-order chi connectivity index (χ0) is 48.0. The van der Waals surface area contributed by atoms with Crippen LogP contribution in [0, 0.1) is 0 Å². The fourth-order valence-corrected chi connectivity index (χ4v) is 12.0. The van der Waals surface area contributed by atoms with E-state index >= 15 is 0 Å². The SMILES string of the molecule is c1ccc2c(-c3ccc(N(c4ccc(-c5cccc6c5c5ccccc5n6-c5cccc6ccccc56)c5ccccc45)c4ccc(-c5cccc6ccccc56)c5oc6ccccc6c45)cc3)cccc2c1. The number of furan rings is 1. The number of hydrogen-bond donors (Lipinski definition) is 0. The maximum absolute atomic E-state index is 7.04. The second-order valence-electron chi connectivity index (χ2n) is 19.1. The molecule has 0 unspecified atom stereocenters. The number of rotatable bonds is 7. The first-order valence-corrected chi connectivity index (χ1v) is 25.1. The van der Waals surface area contributed by atoms with Crippen molar-refractivity contribution >= 4 is 104 Å². The molecule has 2 heterocycles. The number of hydrogen-bond acceptors (Lipinski definition) is 2. The van der Waals surface area contributed by atoms with Gasteiger partial charge in [-0.3, -0.25) is 0 Å². The van der Waals surface area contributed by atoms with Crippen molar-refractivity contribution in [2.24, 2.45) is 0 Å². The molecule has 3 heteroatoms. The van der Waals surface area contributed by atoms with Gasteiger partial charge in [-0.25, -0.2) is 0 Å². The van der Waals surface area contributed by atoms with E-state index in [1.54, 1.807) is 0 Å². The second-order valence-corrected chi connectivity index (χ2v) is 19.1. The van der Waals surface area contributed by atoms with E-state index < -0.39 is 0 Å². The Morgan fingerprint density at radius 2 is 0.795 bits per heavy atom. The van der Waals surface area contributed by atoms with Gasteiger partial charge in [0, 0.05) is 38.2 Å². The summed E-state index contributed by atoms with van der Waals surface area (Å²) in [5.74, 6) is 0. The monoisotopic (exact) mass is 928 g/mol. The molecule has 0 amide bonds. The Morgan fingerprint density at radius 3 is 1.56 bits per heavy atom. The molecular weight excluding hydrogens is 885 g/mol. The highest BCUT2D eigenvalue weighted by Crippen LogP contribution is 2.50. The van der Waals surface area contributed by atoms with Crippen LogP contribution in [0.3, 0.4) is 0 Å². The maximum Gasteiger partial charge on any atom is 0.145 e. The molecule has 0 atom stereocenters. The van der Waals surface area contributed by atoms with Crippen LogP contribution in [0.15, 0.2) is 271 Å². The molecule has 15 rings (SSSR count). The van der Waals surface area contributed by atoms with Crippen LogP contribution in [-0.2, 0) is 0 Å². The van der Waals surface area contributed by atoms with Crippen LogP contribution in [0.2, 0.25) is 0 Å². The first-order chi connectivity index (χ1) is 36.2. The Morgan fingerprint density at radius 1 is 0.288 bits per heavy atom. The number of benzene rings is 13. The van der Waals surface area contributed by atoms with Crippen LogP contribution >= 0.6 is 0 Å². The summed E-state index contributed by atoms with van der Waals surface area (Å²) in [7, 11) is 0. The van der Waals surface area contributed by atoms with Crippen molar-refractivity contribution in [2.45, 2.75) is 0 Å². The van der Waals surface area contributed by atoms with Gasteiger partial charge in [0.05, 0.1) is 33.5 Å². The van der Waals surface area contributed by atoms with Crippen molar-refractivity contribution in [3.8, 4) is 39.1 Å². The Hall–Kier alpha value is -9.70. The van der Waals surface area contributed by atoms with Crippen molar-refractivity contribution in [1.82, 2.24) is 4.57 Å². The van der Waals surface area contributed by atoms with Gasteiger partial charge >= 0.3 is 0 Å². The Balaban J connectivity index is 0.982. The third-order valence-corrected chi connectivity index (χ3v) is 15.2. The summed E-state index contributed by atoms with van der Waals surface area (Å²) in [5.41, 5.74) is 15.4. The van der Waals surface area contributed by atoms with E-state index in [-0.39, 0.29) is 0 Å². The lowest BCUT2D eigenvalue weighted by Gasteiger charge is -2.29. The summed E-state index contributed by atoms with van der Waals surface area (Å²) < 4.78 is 9.49. The van der Waals surface area contributed by atoms with E-state index in [4.69, 9.17) is 4.42 Å². The van der Waals surface area contributed by atoms with Gasteiger partial charge in [0.25, 0.3) is 0 Å². The molecule has 13 aromatic carbocycles. The Kier molecular flexibility index (Phi) is 9.26. The molecule has 0 aliphatic carbocycles. The van der Waals surface area contributed by atoms with Gasteiger partial charge in [-0.15, -0.1) is 0 Å². The van der Waals surface area contributed by atoms with Gasteiger partial charge in [0.1, 0.15) is 11.2 Å². The molecule has 2 aromatic heterocycles. The lowest BCUT2D eigenvalue weighted by atomic mass is 9.92. The number of aromatic nitrogens is 1. The molecule has 0 N–H and O–H groups in total. The van der Waals surface area contributed by atoms with E-state index in [0.717, 1.165) is 55.5 Å². The lowest BCUT2D eigenvalue weighted by molar-refractivity contribution is 0.670. The van der Waals surface area contributed by atoms with Crippen LogP contribution in [-0.4, -0.2) is 4.57 Å². The first-order valence-electron chi connectivity index (χ1n) is 25.1. The smallest absolute Gasteiger partial charge is 0.145 e. The summed E-state index contributed by atoms with van der Waals surface area (Å²) in [6, 6.07) is 97.3. The molecule has 3 nitrogen and oxygen atoms in total. The number of nitrogens with zero attached hydrogens (tertiary/aromatic N) is 2. The molecular formula is C70H44N2O. The summed E-state index contributed by atoms with van der Waals surface area (Å²) in [6.07, 6.45) is 0. The van der Waals surface area contributed by atoms with Gasteiger partial charge in [-0.05, 0) is 115 Å². The number of para-hydroxylation sites is 2. The highest BCUT2D eigenvalue weighted by molar-refractivity contribution is 6.22. The van der Waals surface area contributed by atoms with E-state index in [1.807, 2.05) is 0 Å². The average molecular weight is 929 g/mol. The minimum absolute atomic E-state index is 0.855. The first kappa shape index (κ1) is 41.1. The van der Waals surface area contributed by atoms with Crippen LogP contribution < -0.4 is 4.90 Å². The topological polar surface area (TPSA) is 21.3 Å². The summed E-state index contributed by atoms with van der Waals surface area (Å²) >= 11 is 0. The number of fused-ring (bicyclic) bond motifs is 10. The molecule has 15 aromatic rings. The van der Waals surface area contributed by atoms with E-state index in [9.17, 15) is 0 Å².